The van der Waals surface area contributed by atoms with E-state index >= 15 is 0 Å². The molecule has 140 valence electrons. The lowest BCUT2D eigenvalue weighted by atomic mass is 9.93. The standard InChI is InChI=1S/C20H16BrClFNO2S/c21-15-9-13(23)10-16-18(15)20(27-14-5-3-12(22)4-6-14)19-11(8-17(25)26)2-1-7-24(16)19/h3-6,9-11H,1-2,7-8H2,(H,25,26)/p-1. The number of carboxylic acids is 1. The highest BCUT2D eigenvalue weighted by Gasteiger charge is 2.29. The molecular weight excluding hydrogens is 453 g/mol. The Bertz CT molecular complexity index is 1030. The van der Waals surface area contributed by atoms with Gasteiger partial charge in [-0.3, -0.25) is 0 Å². The average Bonchev–Trinajstić information content (AvgIpc) is 2.91. The van der Waals surface area contributed by atoms with Gasteiger partial charge in [0.25, 0.3) is 0 Å². The van der Waals surface area contributed by atoms with Crippen LogP contribution in [0.3, 0.4) is 0 Å². The summed E-state index contributed by atoms with van der Waals surface area (Å²) in [5.74, 6) is -1.54. The summed E-state index contributed by atoms with van der Waals surface area (Å²) < 4.78 is 16.8. The van der Waals surface area contributed by atoms with Crippen molar-refractivity contribution in [3.8, 4) is 0 Å². The van der Waals surface area contributed by atoms with E-state index in [2.05, 4.69) is 20.5 Å². The lowest BCUT2D eigenvalue weighted by Gasteiger charge is -2.27. The van der Waals surface area contributed by atoms with Crippen LogP contribution >= 0.6 is 39.3 Å². The number of carbonyl (C=O) groups excluding carboxylic acids is 1. The largest absolute Gasteiger partial charge is 0.550 e. The Kier molecular flexibility index (Phi) is 5.23. The van der Waals surface area contributed by atoms with Crippen LogP contribution < -0.4 is 5.11 Å². The molecule has 4 rings (SSSR count). The molecule has 0 fully saturated rings. The fourth-order valence-electron chi connectivity index (χ4n) is 3.78. The molecule has 0 amide bonds. The molecule has 0 spiro atoms. The molecule has 0 radical (unpaired) electrons. The third-order valence-electron chi connectivity index (χ3n) is 4.84. The molecule has 3 nitrogen and oxygen atoms in total. The number of fused-ring (bicyclic) bond motifs is 3. The third kappa shape index (κ3) is 3.62. The molecular formula is C20H15BrClFNO2S-. The van der Waals surface area contributed by atoms with Crippen molar-refractivity contribution in [3.63, 3.8) is 0 Å². The van der Waals surface area contributed by atoms with Crippen LogP contribution in [0.5, 0.6) is 0 Å². The molecule has 0 saturated heterocycles. The summed E-state index contributed by atoms with van der Waals surface area (Å²) >= 11 is 11.0. The predicted octanol–water partition coefficient (Wildman–Crippen LogP) is 5.36. The number of nitrogens with zero attached hydrogens (tertiary/aromatic N) is 1. The molecule has 2 heterocycles. The van der Waals surface area contributed by atoms with E-state index in [0.29, 0.717) is 9.50 Å². The maximum atomic E-state index is 14.1. The molecule has 1 aromatic heterocycles. The molecule has 0 bridgehead atoms. The number of aromatic nitrogens is 1. The Balaban J connectivity index is 1.94. The van der Waals surface area contributed by atoms with Gasteiger partial charge in [-0.15, -0.1) is 0 Å². The second kappa shape index (κ2) is 7.49. The Labute approximate surface area is 173 Å². The van der Waals surface area contributed by atoms with Crippen LogP contribution in [0.15, 0.2) is 50.7 Å². The zero-order valence-electron chi connectivity index (χ0n) is 14.2. The number of halogens is 3. The molecule has 0 N–H and O–H groups in total. The van der Waals surface area contributed by atoms with Gasteiger partial charge >= 0.3 is 0 Å². The number of carboxylic acid groups (broad SMARTS) is 1. The first-order chi connectivity index (χ1) is 12.9. The number of aryl methyl sites for hydroxylation is 1. The molecule has 7 heteroatoms. The monoisotopic (exact) mass is 466 g/mol. The first-order valence-corrected chi connectivity index (χ1v) is 10.6. The second-order valence-electron chi connectivity index (χ2n) is 6.62. The van der Waals surface area contributed by atoms with E-state index in [4.69, 9.17) is 11.6 Å². The van der Waals surface area contributed by atoms with Crippen LogP contribution in [0.1, 0.15) is 30.9 Å². The van der Waals surface area contributed by atoms with E-state index in [1.54, 1.807) is 11.8 Å². The zero-order valence-corrected chi connectivity index (χ0v) is 17.3. The lowest BCUT2D eigenvalue weighted by Crippen LogP contribution is -2.27. The molecule has 3 aromatic rings. The highest BCUT2D eigenvalue weighted by Crippen LogP contribution is 2.47. The van der Waals surface area contributed by atoms with E-state index < -0.39 is 5.97 Å². The molecule has 2 aromatic carbocycles. The number of benzene rings is 2. The minimum atomic E-state index is -1.06. The van der Waals surface area contributed by atoms with E-state index in [9.17, 15) is 14.3 Å². The van der Waals surface area contributed by atoms with Crippen LogP contribution in [-0.4, -0.2) is 10.5 Å². The van der Waals surface area contributed by atoms with Crippen molar-refractivity contribution < 1.29 is 14.3 Å². The highest BCUT2D eigenvalue weighted by molar-refractivity contribution is 9.10. The molecule has 1 aliphatic heterocycles. The van der Waals surface area contributed by atoms with Crippen LogP contribution in [-0.2, 0) is 11.3 Å². The van der Waals surface area contributed by atoms with Crippen molar-refractivity contribution in [2.45, 2.75) is 41.5 Å². The van der Waals surface area contributed by atoms with Gasteiger partial charge in [0, 0.05) is 48.8 Å². The van der Waals surface area contributed by atoms with Gasteiger partial charge in [-0.1, -0.05) is 23.4 Å². The predicted molar refractivity (Wildman–Crippen MR) is 107 cm³/mol. The van der Waals surface area contributed by atoms with Gasteiger partial charge in [0.2, 0.25) is 0 Å². The minimum Gasteiger partial charge on any atom is -0.550 e. The molecule has 1 atom stereocenters. The van der Waals surface area contributed by atoms with Gasteiger partial charge in [-0.2, -0.15) is 0 Å². The first kappa shape index (κ1) is 18.8. The molecule has 0 saturated carbocycles. The van der Waals surface area contributed by atoms with Crippen molar-refractivity contribution in [3.05, 3.63) is 57.4 Å². The molecule has 27 heavy (non-hydrogen) atoms. The summed E-state index contributed by atoms with van der Waals surface area (Å²) in [7, 11) is 0. The molecule has 1 unspecified atom stereocenters. The summed E-state index contributed by atoms with van der Waals surface area (Å²) in [4.78, 5) is 13.3. The molecule has 0 aliphatic carbocycles. The van der Waals surface area contributed by atoms with Crippen LogP contribution in [0.25, 0.3) is 10.9 Å². The number of hydrogen-bond donors (Lipinski definition) is 0. The summed E-state index contributed by atoms with van der Waals surface area (Å²) in [6, 6.07) is 10.5. The van der Waals surface area contributed by atoms with E-state index in [1.807, 2.05) is 24.3 Å². The number of rotatable bonds is 4. The highest BCUT2D eigenvalue weighted by atomic mass is 79.9. The van der Waals surface area contributed by atoms with Crippen molar-refractivity contribution in [2.24, 2.45) is 0 Å². The summed E-state index contributed by atoms with van der Waals surface area (Å²) in [5, 5.41) is 12.9. The second-order valence-corrected chi connectivity index (χ2v) is 8.99. The van der Waals surface area contributed by atoms with Gasteiger partial charge in [-0.05, 0) is 71.6 Å². The average molecular weight is 468 g/mol. The smallest absolute Gasteiger partial charge is 0.126 e. The van der Waals surface area contributed by atoms with Crippen molar-refractivity contribution in [1.29, 1.82) is 0 Å². The van der Waals surface area contributed by atoms with Gasteiger partial charge in [0.05, 0.1) is 5.52 Å². The quantitative estimate of drug-likeness (QED) is 0.518. The maximum Gasteiger partial charge on any atom is 0.126 e. The topological polar surface area (TPSA) is 45.1 Å². The van der Waals surface area contributed by atoms with Crippen LogP contribution in [0.4, 0.5) is 4.39 Å². The van der Waals surface area contributed by atoms with E-state index in [0.717, 1.165) is 45.8 Å². The summed E-state index contributed by atoms with van der Waals surface area (Å²) in [5.41, 5.74) is 1.74. The first-order valence-electron chi connectivity index (χ1n) is 8.58. The fraction of sp³-hybridized carbons (Fsp3) is 0.250. The lowest BCUT2D eigenvalue weighted by molar-refractivity contribution is -0.306. The zero-order chi connectivity index (χ0) is 19.1. The molecule has 1 aliphatic rings. The summed E-state index contributed by atoms with van der Waals surface area (Å²) in [6.07, 6.45) is 1.59. The minimum absolute atomic E-state index is 0.0371. The number of aliphatic carboxylic acids is 1. The normalized spacial score (nSPS) is 16.5. The number of hydrogen-bond acceptors (Lipinski definition) is 3. The Morgan fingerprint density at radius 1 is 1.33 bits per heavy atom. The van der Waals surface area contributed by atoms with Gasteiger partial charge in [0.15, 0.2) is 0 Å². The van der Waals surface area contributed by atoms with Gasteiger partial charge in [-0.25, -0.2) is 4.39 Å². The number of carbonyl (C=O) groups is 1. The van der Waals surface area contributed by atoms with Gasteiger partial charge < -0.3 is 14.5 Å². The van der Waals surface area contributed by atoms with Crippen LogP contribution in [0, 0.1) is 5.82 Å². The summed E-state index contributed by atoms with van der Waals surface area (Å²) in [6.45, 7) is 0.743. The Hall–Kier alpha value is -1.50. The van der Waals surface area contributed by atoms with Crippen molar-refractivity contribution in [2.75, 3.05) is 0 Å². The van der Waals surface area contributed by atoms with Crippen molar-refractivity contribution in [1.82, 2.24) is 4.57 Å². The fourth-order valence-corrected chi connectivity index (χ4v) is 5.86. The SMILES string of the molecule is O=C([O-])CC1CCCn2c1c(Sc1ccc(Cl)cc1)c1c(Br)cc(F)cc12. The van der Waals surface area contributed by atoms with Gasteiger partial charge in [0.1, 0.15) is 5.82 Å². The third-order valence-corrected chi connectivity index (χ3v) is 6.85. The Morgan fingerprint density at radius 2 is 2.07 bits per heavy atom. The van der Waals surface area contributed by atoms with Crippen molar-refractivity contribution >= 4 is 56.2 Å². The maximum absolute atomic E-state index is 14.1. The van der Waals surface area contributed by atoms with E-state index in [1.165, 1.54) is 12.1 Å². The Morgan fingerprint density at radius 3 is 2.78 bits per heavy atom. The van der Waals surface area contributed by atoms with Crippen LogP contribution in [0.2, 0.25) is 5.02 Å². The van der Waals surface area contributed by atoms with E-state index in [-0.39, 0.29) is 18.2 Å².